The molecule has 0 spiro atoms. The van der Waals surface area contributed by atoms with Crippen molar-refractivity contribution in [3.05, 3.63) is 46.8 Å². The number of benzene rings is 1. The molecule has 4 rings (SSSR count). The Morgan fingerprint density at radius 3 is 2.83 bits per heavy atom. The van der Waals surface area contributed by atoms with Gasteiger partial charge in [-0.25, -0.2) is 15.1 Å². The minimum Gasteiger partial charge on any atom is -0.361 e. The number of aryl methyl sites for hydroxylation is 1. The summed E-state index contributed by atoms with van der Waals surface area (Å²) in [6, 6.07) is 7.31. The normalized spacial score (nSPS) is 14.9. The fourth-order valence-corrected chi connectivity index (χ4v) is 3.48. The molecule has 150 valence electrons. The van der Waals surface area contributed by atoms with Crippen LogP contribution in [0.1, 0.15) is 35.1 Å². The molecule has 0 fully saturated rings. The predicted molar refractivity (Wildman–Crippen MR) is 108 cm³/mol. The number of hydrogen-bond donors (Lipinski definition) is 2. The van der Waals surface area contributed by atoms with Crippen LogP contribution in [0.15, 0.2) is 24.3 Å². The third kappa shape index (κ3) is 3.26. The van der Waals surface area contributed by atoms with Crippen molar-refractivity contribution in [1.29, 1.82) is 0 Å². The highest BCUT2D eigenvalue weighted by molar-refractivity contribution is 6.29. The van der Waals surface area contributed by atoms with Gasteiger partial charge in [0, 0.05) is 13.1 Å². The van der Waals surface area contributed by atoms with E-state index in [0.29, 0.717) is 11.5 Å². The third-order valence-electron chi connectivity index (χ3n) is 4.73. The summed E-state index contributed by atoms with van der Waals surface area (Å²) in [7, 11) is 3.33. The second-order valence-corrected chi connectivity index (χ2v) is 6.97. The average Bonchev–Trinajstić information content (AvgIpc) is 3.08. The van der Waals surface area contributed by atoms with Gasteiger partial charge in [-0.3, -0.25) is 9.63 Å². The number of hydroxylamine groups is 1. The van der Waals surface area contributed by atoms with Crippen LogP contribution >= 0.6 is 11.6 Å². The molecule has 1 amide bonds. The lowest BCUT2D eigenvalue weighted by atomic mass is 10.1. The highest BCUT2D eigenvalue weighted by Crippen LogP contribution is 2.42. The Hall–Kier alpha value is -3.24. The summed E-state index contributed by atoms with van der Waals surface area (Å²) in [5.41, 5.74) is 5.23. The Bertz CT molecular complexity index is 1100. The molecule has 10 nitrogen and oxygen atoms in total. The van der Waals surface area contributed by atoms with Gasteiger partial charge in [-0.05, 0) is 26.0 Å². The van der Waals surface area contributed by atoms with Crippen LogP contribution in [0.2, 0.25) is 5.15 Å². The number of nitrogens with one attached hydrogen (secondary N) is 2. The third-order valence-corrected chi connectivity index (χ3v) is 4.92. The van der Waals surface area contributed by atoms with Crippen molar-refractivity contribution >= 4 is 34.6 Å². The number of fused-ring (bicyclic) bond motifs is 3. The molecule has 0 unspecified atom stereocenters. The van der Waals surface area contributed by atoms with Crippen LogP contribution in [0.5, 0.6) is 0 Å². The molecule has 3 aromatic rings. The van der Waals surface area contributed by atoms with Crippen LogP contribution in [0.4, 0.5) is 17.1 Å². The molecule has 2 aromatic heterocycles. The lowest BCUT2D eigenvalue weighted by molar-refractivity contribution is 0.0532. The summed E-state index contributed by atoms with van der Waals surface area (Å²) in [6.45, 7) is 3.92. The first-order valence-corrected chi connectivity index (χ1v) is 9.22. The first-order valence-electron chi connectivity index (χ1n) is 8.84. The zero-order valence-corrected chi connectivity index (χ0v) is 17.0. The van der Waals surface area contributed by atoms with Gasteiger partial charge in [-0.1, -0.05) is 17.7 Å². The monoisotopic (exact) mass is 414 g/mol. The van der Waals surface area contributed by atoms with Gasteiger partial charge in [0.15, 0.2) is 16.7 Å². The second kappa shape index (κ2) is 7.30. The number of carbonyl (C=O) groups excluding carboxylic acids is 1. The van der Waals surface area contributed by atoms with Gasteiger partial charge in [-0.2, -0.15) is 5.10 Å². The lowest BCUT2D eigenvalue weighted by Gasteiger charge is -2.34. The molecule has 0 aliphatic carbocycles. The van der Waals surface area contributed by atoms with Gasteiger partial charge >= 0.3 is 0 Å². The van der Waals surface area contributed by atoms with E-state index in [2.05, 4.69) is 42.9 Å². The summed E-state index contributed by atoms with van der Waals surface area (Å²) in [5, 5.41) is 15.6. The van der Waals surface area contributed by atoms with E-state index < -0.39 is 5.91 Å². The zero-order chi connectivity index (χ0) is 20.7. The summed E-state index contributed by atoms with van der Waals surface area (Å²) in [4.78, 5) is 23.6. The van der Waals surface area contributed by atoms with Crippen molar-refractivity contribution in [3.63, 3.8) is 0 Å². The van der Waals surface area contributed by atoms with Crippen molar-refractivity contribution in [2.24, 2.45) is 0 Å². The van der Waals surface area contributed by atoms with E-state index >= 15 is 0 Å². The highest BCUT2D eigenvalue weighted by atomic mass is 35.5. The minimum absolute atomic E-state index is 0.00191. The molecule has 1 aromatic carbocycles. The molecule has 0 bridgehead atoms. The molecule has 11 heteroatoms. The maximum absolute atomic E-state index is 12.3. The molecular formula is C18H19ClN8O2. The van der Waals surface area contributed by atoms with Crippen molar-refractivity contribution in [3.8, 4) is 5.69 Å². The average molecular weight is 415 g/mol. The van der Waals surface area contributed by atoms with E-state index in [4.69, 9.17) is 16.4 Å². The number of hydrogen-bond acceptors (Lipinski definition) is 8. The quantitative estimate of drug-likeness (QED) is 0.627. The molecule has 0 saturated heterocycles. The topological polar surface area (TPSA) is 110 Å². The van der Waals surface area contributed by atoms with E-state index in [1.165, 1.54) is 13.2 Å². The largest absolute Gasteiger partial charge is 0.361 e. The number of amides is 1. The first-order chi connectivity index (χ1) is 13.9. The van der Waals surface area contributed by atoms with E-state index in [1.807, 2.05) is 36.9 Å². The minimum atomic E-state index is -0.542. The van der Waals surface area contributed by atoms with E-state index in [9.17, 15) is 4.79 Å². The summed E-state index contributed by atoms with van der Waals surface area (Å²) in [6.07, 6.45) is 0. The van der Waals surface area contributed by atoms with Crippen LogP contribution in [0.25, 0.3) is 5.69 Å². The maximum atomic E-state index is 12.3. The zero-order valence-electron chi connectivity index (χ0n) is 16.3. The standard InChI is InChI=1S/C18H19ClN8O2/c1-9-17-20-10(2)24-27(17)13-7-5-6-11(16(13)26(9)3)21-12-8-14(19)22-23-15(12)18(28)25-29-4/h5-9H,1-4H3,(H,21,22)(H,25,28)/t9-/m0/s1. The van der Waals surface area contributed by atoms with Crippen molar-refractivity contribution in [2.75, 3.05) is 24.4 Å². The van der Waals surface area contributed by atoms with Crippen LogP contribution in [-0.2, 0) is 4.84 Å². The summed E-state index contributed by atoms with van der Waals surface area (Å²) in [5.74, 6) is 1.03. The van der Waals surface area contributed by atoms with Crippen molar-refractivity contribution in [2.45, 2.75) is 19.9 Å². The fourth-order valence-electron chi connectivity index (χ4n) is 3.34. The summed E-state index contributed by atoms with van der Waals surface area (Å²) < 4.78 is 1.84. The Morgan fingerprint density at radius 2 is 2.07 bits per heavy atom. The number of carbonyl (C=O) groups is 1. The molecule has 1 atom stereocenters. The van der Waals surface area contributed by atoms with Gasteiger partial charge in [0.2, 0.25) is 0 Å². The fraction of sp³-hybridized carbons (Fsp3) is 0.278. The molecule has 0 radical (unpaired) electrons. The van der Waals surface area contributed by atoms with Gasteiger partial charge in [0.1, 0.15) is 5.82 Å². The maximum Gasteiger partial charge on any atom is 0.297 e. The summed E-state index contributed by atoms with van der Waals surface area (Å²) >= 11 is 6.02. The molecule has 3 heterocycles. The molecule has 2 N–H and O–H groups in total. The Balaban J connectivity index is 1.82. The van der Waals surface area contributed by atoms with Crippen LogP contribution < -0.4 is 15.7 Å². The number of para-hydroxylation sites is 1. The molecule has 29 heavy (non-hydrogen) atoms. The highest BCUT2D eigenvalue weighted by Gasteiger charge is 2.31. The van der Waals surface area contributed by atoms with E-state index in [1.54, 1.807) is 0 Å². The smallest absolute Gasteiger partial charge is 0.297 e. The number of rotatable bonds is 4. The van der Waals surface area contributed by atoms with Gasteiger partial charge in [0.25, 0.3) is 5.91 Å². The van der Waals surface area contributed by atoms with E-state index in [-0.39, 0.29) is 16.9 Å². The van der Waals surface area contributed by atoms with Crippen LogP contribution in [-0.4, -0.2) is 45.0 Å². The number of anilines is 3. The van der Waals surface area contributed by atoms with Gasteiger partial charge < -0.3 is 10.2 Å². The molecule has 0 saturated carbocycles. The van der Waals surface area contributed by atoms with Gasteiger partial charge in [0.05, 0.1) is 35.9 Å². The SMILES string of the molecule is CONC(=O)c1nnc(Cl)cc1Nc1cccc2c1N(C)[C@@H](C)c1nc(C)nn1-2. The predicted octanol–water partition coefficient (Wildman–Crippen LogP) is 2.56. The van der Waals surface area contributed by atoms with Crippen molar-refractivity contribution in [1.82, 2.24) is 30.4 Å². The first kappa shape index (κ1) is 19.1. The second-order valence-electron chi connectivity index (χ2n) is 6.58. The van der Waals surface area contributed by atoms with Crippen LogP contribution in [0.3, 0.4) is 0 Å². The van der Waals surface area contributed by atoms with Crippen LogP contribution in [0, 0.1) is 6.92 Å². The Labute approximate surface area is 171 Å². The lowest BCUT2D eigenvalue weighted by Crippen LogP contribution is -2.31. The molecule has 1 aliphatic heterocycles. The number of aromatic nitrogens is 5. The number of nitrogens with zero attached hydrogens (tertiary/aromatic N) is 6. The van der Waals surface area contributed by atoms with E-state index in [0.717, 1.165) is 22.9 Å². The molecule has 1 aliphatic rings. The number of halogens is 1. The van der Waals surface area contributed by atoms with Gasteiger partial charge in [-0.15, -0.1) is 10.2 Å². The Morgan fingerprint density at radius 1 is 1.28 bits per heavy atom. The van der Waals surface area contributed by atoms with Crippen molar-refractivity contribution < 1.29 is 9.63 Å². The molecular weight excluding hydrogens is 396 g/mol. The Kier molecular flexibility index (Phi) is 4.81.